The van der Waals surface area contributed by atoms with Crippen molar-refractivity contribution in [1.82, 2.24) is 25.1 Å². The Hall–Kier alpha value is -5.71. The highest BCUT2D eigenvalue weighted by Crippen LogP contribution is 2.35. The summed E-state index contributed by atoms with van der Waals surface area (Å²) in [4.78, 5) is 82.2. The molecule has 4 aliphatic rings. The van der Waals surface area contributed by atoms with Gasteiger partial charge in [-0.15, -0.1) is 0 Å². The van der Waals surface area contributed by atoms with E-state index in [0.717, 1.165) is 62.4 Å². The number of nitrogens with zero attached hydrogens (tertiary/aromatic N) is 6. The molecule has 16 nitrogen and oxygen atoms in total. The number of halogens is 1. The molecule has 4 aliphatic heterocycles. The first-order valence-corrected chi connectivity index (χ1v) is 18.8. The number of piperidine rings is 2. The number of nitrogens with one attached hydrogen (secondary N) is 2. The second-order valence-corrected chi connectivity index (χ2v) is 15.5. The summed E-state index contributed by atoms with van der Waals surface area (Å²) in [6, 6.07) is 7.61. The number of aliphatic imine (C=N–C) groups is 1. The van der Waals surface area contributed by atoms with E-state index < -0.39 is 41.2 Å². The highest BCUT2D eigenvalue weighted by molar-refractivity contribution is 6.30. The standard InChI is InChI=1S/C39H43ClN10O6.CH4/c1-39(2,56)29-13-30(42)22(11-31(29)46-35(52)28(14-41)34-44-16-23(40)17-45-34)15-43-24-7-9-48(10-8-24)18-21-19-49(20-21)25-3-4-26-27(12-25)38(55)50(37(26)54)32-5-6-33(51)47-36(32)53;/h3-4,11-17,21,24,32,56H,5-10,18-20,41-42H2,1-2H3,(H,46,52)(H,47,51,53);1H4/b28-14+,43-15?;. The predicted molar refractivity (Wildman–Crippen MR) is 217 cm³/mol. The molecule has 300 valence electrons. The summed E-state index contributed by atoms with van der Waals surface area (Å²) in [5, 5.41) is 16.3. The van der Waals surface area contributed by atoms with E-state index in [-0.39, 0.29) is 48.8 Å². The molecule has 5 heterocycles. The van der Waals surface area contributed by atoms with Gasteiger partial charge in [-0.1, -0.05) is 19.0 Å². The van der Waals surface area contributed by atoms with Crippen LogP contribution in [0, 0.1) is 5.92 Å². The van der Waals surface area contributed by atoms with Crippen molar-refractivity contribution in [3.63, 3.8) is 0 Å². The number of carbonyl (C=O) groups excluding carboxylic acids is 5. The lowest BCUT2D eigenvalue weighted by molar-refractivity contribution is -0.136. The minimum atomic E-state index is -1.33. The zero-order valence-electron chi connectivity index (χ0n) is 31.0. The molecular formula is C40H47ClN10O6. The van der Waals surface area contributed by atoms with Gasteiger partial charge in [0.1, 0.15) is 6.04 Å². The minimum absolute atomic E-state index is 0. The molecule has 3 aromatic rings. The molecule has 0 saturated carbocycles. The maximum atomic E-state index is 13.3. The number of benzene rings is 2. The number of fused-ring (bicyclic) bond motifs is 1. The number of anilines is 3. The number of hydrogen-bond donors (Lipinski definition) is 5. The van der Waals surface area contributed by atoms with Crippen molar-refractivity contribution in [3.05, 3.63) is 82.0 Å². The molecule has 7 rings (SSSR count). The molecule has 2 aromatic carbocycles. The third-order valence-electron chi connectivity index (χ3n) is 10.6. The molecule has 3 saturated heterocycles. The van der Waals surface area contributed by atoms with Gasteiger partial charge in [-0.25, -0.2) is 9.97 Å². The van der Waals surface area contributed by atoms with Crippen LogP contribution in [0.5, 0.6) is 0 Å². The molecular weight excluding hydrogens is 752 g/mol. The molecule has 0 spiro atoms. The molecule has 1 unspecified atom stereocenters. The van der Waals surface area contributed by atoms with Crippen LogP contribution >= 0.6 is 11.6 Å². The summed E-state index contributed by atoms with van der Waals surface area (Å²) >= 11 is 5.90. The van der Waals surface area contributed by atoms with Crippen LogP contribution in [0.25, 0.3) is 5.57 Å². The Labute approximate surface area is 335 Å². The van der Waals surface area contributed by atoms with Gasteiger partial charge in [0.2, 0.25) is 11.8 Å². The fraction of sp³-hybridized carbons (Fsp3) is 0.400. The van der Waals surface area contributed by atoms with E-state index in [1.165, 1.54) is 12.4 Å². The molecule has 3 fully saturated rings. The highest BCUT2D eigenvalue weighted by Gasteiger charge is 2.45. The van der Waals surface area contributed by atoms with Gasteiger partial charge in [-0.2, -0.15) is 0 Å². The average molecular weight is 799 g/mol. The van der Waals surface area contributed by atoms with Crippen molar-refractivity contribution < 1.29 is 29.1 Å². The number of carbonyl (C=O) groups is 5. The molecule has 7 N–H and O–H groups in total. The van der Waals surface area contributed by atoms with Gasteiger partial charge < -0.3 is 31.7 Å². The second-order valence-electron chi connectivity index (χ2n) is 15.1. The Morgan fingerprint density at radius 3 is 2.39 bits per heavy atom. The van der Waals surface area contributed by atoms with Crippen molar-refractivity contribution in [2.24, 2.45) is 16.6 Å². The fourth-order valence-corrected chi connectivity index (χ4v) is 7.70. The summed E-state index contributed by atoms with van der Waals surface area (Å²) in [7, 11) is 0. The van der Waals surface area contributed by atoms with Crippen molar-refractivity contribution in [1.29, 1.82) is 0 Å². The second kappa shape index (κ2) is 16.4. The van der Waals surface area contributed by atoms with Crippen LogP contribution in [0.4, 0.5) is 17.1 Å². The minimum Gasteiger partial charge on any atom is -0.404 e. The Balaban J connectivity index is 0.00000549. The molecule has 1 atom stereocenters. The van der Waals surface area contributed by atoms with Crippen molar-refractivity contribution in [2.75, 3.05) is 48.7 Å². The van der Waals surface area contributed by atoms with Crippen molar-refractivity contribution in [2.45, 2.75) is 64.6 Å². The molecule has 0 bridgehead atoms. The van der Waals surface area contributed by atoms with Crippen LogP contribution in [-0.2, 0) is 20.0 Å². The number of nitrogen functional groups attached to an aromatic ring is 1. The number of amides is 5. The molecule has 0 radical (unpaired) electrons. The van der Waals surface area contributed by atoms with Gasteiger partial charge in [-0.3, -0.25) is 39.2 Å². The van der Waals surface area contributed by atoms with E-state index in [9.17, 15) is 29.1 Å². The summed E-state index contributed by atoms with van der Waals surface area (Å²) in [5.41, 5.74) is 14.0. The fourth-order valence-electron chi connectivity index (χ4n) is 7.60. The third-order valence-corrected chi connectivity index (χ3v) is 10.8. The lowest BCUT2D eigenvalue weighted by atomic mass is 9.93. The van der Waals surface area contributed by atoms with E-state index in [1.807, 2.05) is 6.07 Å². The number of likely N-dealkylation sites (tertiary alicyclic amines) is 1. The number of aromatic nitrogens is 2. The topological polar surface area (TPSA) is 230 Å². The monoisotopic (exact) mass is 798 g/mol. The lowest BCUT2D eigenvalue weighted by Gasteiger charge is -2.44. The van der Waals surface area contributed by atoms with Gasteiger partial charge in [0.25, 0.3) is 17.7 Å². The van der Waals surface area contributed by atoms with Gasteiger partial charge >= 0.3 is 0 Å². The van der Waals surface area contributed by atoms with E-state index in [2.05, 4.69) is 30.4 Å². The molecule has 57 heavy (non-hydrogen) atoms. The Morgan fingerprint density at radius 1 is 1.05 bits per heavy atom. The molecule has 5 amide bonds. The first-order valence-electron chi connectivity index (χ1n) is 18.4. The summed E-state index contributed by atoms with van der Waals surface area (Å²) in [6.07, 6.45) is 7.45. The summed E-state index contributed by atoms with van der Waals surface area (Å²) in [6.45, 7) is 7.49. The van der Waals surface area contributed by atoms with Gasteiger partial charge in [0.15, 0.2) is 5.82 Å². The zero-order chi connectivity index (χ0) is 39.9. The quantitative estimate of drug-likeness (QED) is 0.0863. The van der Waals surface area contributed by atoms with Crippen LogP contribution in [0.1, 0.15) is 84.6 Å². The molecule has 0 aliphatic carbocycles. The van der Waals surface area contributed by atoms with Crippen molar-refractivity contribution >= 4 is 70.0 Å². The van der Waals surface area contributed by atoms with Crippen molar-refractivity contribution in [3.8, 4) is 0 Å². The van der Waals surface area contributed by atoms with E-state index >= 15 is 0 Å². The van der Waals surface area contributed by atoms with Gasteiger partial charge in [0.05, 0.1) is 33.4 Å². The van der Waals surface area contributed by atoms with Gasteiger partial charge in [-0.05, 0) is 63.4 Å². The number of rotatable bonds is 10. The summed E-state index contributed by atoms with van der Waals surface area (Å²) < 4.78 is 0. The van der Waals surface area contributed by atoms with Crippen LogP contribution < -0.4 is 27.0 Å². The Morgan fingerprint density at radius 2 is 1.74 bits per heavy atom. The zero-order valence-corrected chi connectivity index (χ0v) is 31.8. The van der Waals surface area contributed by atoms with Crippen LogP contribution in [0.3, 0.4) is 0 Å². The largest absolute Gasteiger partial charge is 0.404 e. The lowest BCUT2D eigenvalue weighted by Crippen LogP contribution is -2.54. The SMILES string of the molecule is C.CC(C)(O)c1cc(N)c(C=NC2CCN(CC3CN(c4ccc5c(c4)C(=O)N(C4CCC(=O)NC4=O)C5=O)C3)CC2)cc1NC(=O)/C(=C/N)c1ncc(Cl)cn1. The molecule has 1 aromatic heterocycles. The normalized spacial score (nSPS) is 19.7. The summed E-state index contributed by atoms with van der Waals surface area (Å²) in [5.74, 6) is -2.11. The smallest absolute Gasteiger partial charge is 0.262 e. The number of hydrogen-bond acceptors (Lipinski definition) is 13. The third kappa shape index (κ3) is 8.52. The average Bonchev–Trinajstić information content (AvgIpc) is 3.38. The predicted octanol–water partition coefficient (Wildman–Crippen LogP) is 2.93. The number of nitrogens with two attached hydrogens (primary N) is 2. The van der Waals surface area contributed by atoms with E-state index in [0.29, 0.717) is 33.4 Å². The van der Waals surface area contributed by atoms with Crippen LogP contribution in [0.15, 0.2) is 53.9 Å². The maximum absolute atomic E-state index is 13.3. The molecule has 17 heteroatoms. The first-order chi connectivity index (χ1) is 26.7. The van der Waals surface area contributed by atoms with Crippen LogP contribution in [-0.4, -0.2) is 105 Å². The Kier molecular flexibility index (Phi) is 11.8. The number of imide groups is 2. The maximum Gasteiger partial charge on any atom is 0.262 e. The van der Waals surface area contributed by atoms with Gasteiger partial charge in [0, 0.05) is 98.1 Å². The van der Waals surface area contributed by atoms with E-state index in [4.69, 9.17) is 28.1 Å². The number of aliphatic hydroxyl groups is 1. The highest BCUT2D eigenvalue weighted by atomic mass is 35.5. The Bertz CT molecular complexity index is 2150. The van der Waals surface area contributed by atoms with Crippen LogP contribution in [0.2, 0.25) is 5.02 Å². The van der Waals surface area contributed by atoms with E-state index in [1.54, 1.807) is 44.3 Å². The first kappa shape index (κ1) is 40.9.